The Bertz CT molecular complexity index is 924. The molecule has 2 fully saturated rings. The minimum atomic E-state index is -0.215. The van der Waals surface area contributed by atoms with E-state index in [2.05, 4.69) is 15.5 Å². The number of phenols is 1. The van der Waals surface area contributed by atoms with Crippen LogP contribution in [0.2, 0.25) is 5.02 Å². The molecule has 0 radical (unpaired) electrons. The number of phenolic OH excluding ortho intramolecular Hbond substituents is 1. The molecule has 2 aromatic carbocycles. The smallest absolute Gasteiger partial charge is 0.321 e. The first-order valence-corrected chi connectivity index (χ1v) is 10.1. The van der Waals surface area contributed by atoms with Crippen molar-refractivity contribution >= 4 is 34.9 Å². The SMILES string of the molecule is O=C(NC1CC1)c1cc(NC(=O)N2CCN(c3cccc(O)c3)CC2)ccc1Cl. The van der Waals surface area contributed by atoms with E-state index in [9.17, 15) is 14.7 Å². The van der Waals surface area contributed by atoms with Gasteiger partial charge in [-0.25, -0.2) is 4.79 Å². The Morgan fingerprint density at radius 2 is 1.79 bits per heavy atom. The summed E-state index contributed by atoms with van der Waals surface area (Å²) in [6.45, 7) is 2.47. The molecule has 0 bridgehead atoms. The summed E-state index contributed by atoms with van der Waals surface area (Å²) < 4.78 is 0. The molecule has 4 rings (SSSR count). The summed E-state index contributed by atoms with van der Waals surface area (Å²) in [5.74, 6) is 0.0141. The number of rotatable bonds is 4. The van der Waals surface area contributed by atoms with E-state index in [-0.39, 0.29) is 23.7 Å². The van der Waals surface area contributed by atoms with Crippen molar-refractivity contribution in [1.82, 2.24) is 10.2 Å². The normalized spacial score (nSPS) is 16.4. The molecule has 0 unspecified atom stereocenters. The number of hydrogen-bond acceptors (Lipinski definition) is 4. The zero-order valence-electron chi connectivity index (χ0n) is 15.9. The van der Waals surface area contributed by atoms with Gasteiger partial charge in [-0.3, -0.25) is 4.79 Å². The first kappa shape index (κ1) is 19.4. The standard InChI is InChI=1S/C21H23ClN4O3/c22-19-7-6-15(12-18(19)20(28)23-14-4-5-14)24-21(29)26-10-8-25(9-11-26)16-2-1-3-17(27)13-16/h1-3,6-7,12-14,27H,4-5,8-11H2,(H,23,28)(H,24,29). The molecule has 8 heteroatoms. The van der Waals surface area contributed by atoms with Gasteiger partial charge in [0.1, 0.15) is 5.75 Å². The van der Waals surface area contributed by atoms with Gasteiger partial charge in [0, 0.05) is 49.7 Å². The van der Waals surface area contributed by atoms with Crippen molar-refractivity contribution in [1.29, 1.82) is 0 Å². The third kappa shape index (κ3) is 4.74. The Labute approximate surface area is 174 Å². The first-order chi connectivity index (χ1) is 14.0. The maximum absolute atomic E-state index is 12.6. The van der Waals surface area contributed by atoms with Gasteiger partial charge in [0.15, 0.2) is 0 Å². The fourth-order valence-corrected chi connectivity index (χ4v) is 3.53. The Balaban J connectivity index is 1.35. The number of carbonyl (C=O) groups excluding carboxylic acids is 2. The fourth-order valence-electron chi connectivity index (χ4n) is 3.33. The number of aromatic hydroxyl groups is 1. The summed E-state index contributed by atoms with van der Waals surface area (Å²) in [5.41, 5.74) is 1.84. The van der Waals surface area contributed by atoms with E-state index in [1.54, 1.807) is 41.3 Å². The second-order valence-corrected chi connectivity index (χ2v) is 7.77. The Hall–Kier alpha value is -2.93. The predicted molar refractivity (Wildman–Crippen MR) is 113 cm³/mol. The maximum atomic E-state index is 12.6. The minimum Gasteiger partial charge on any atom is -0.508 e. The lowest BCUT2D eigenvalue weighted by Crippen LogP contribution is -2.50. The van der Waals surface area contributed by atoms with E-state index in [4.69, 9.17) is 11.6 Å². The zero-order valence-corrected chi connectivity index (χ0v) is 16.7. The predicted octanol–water partition coefficient (Wildman–Crippen LogP) is 3.29. The highest BCUT2D eigenvalue weighted by Crippen LogP contribution is 2.25. The van der Waals surface area contributed by atoms with Crippen LogP contribution in [0, 0.1) is 0 Å². The van der Waals surface area contributed by atoms with E-state index < -0.39 is 0 Å². The van der Waals surface area contributed by atoms with Crippen LogP contribution >= 0.6 is 11.6 Å². The van der Waals surface area contributed by atoms with Gasteiger partial charge in [-0.15, -0.1) is 0 Å². The van der Waals surface area contributed by atoms with Gasteiger partial charge in [-0.1, -0.05) is 17.7 Å². The van der Waals surface area contributed by atoms with E-state index in [0.29, 0.717) is 42.5 Å². The molecule has 0 aromatic heterocycles. The highest BCUT2D eigenvalue weighted by atomic mass is 35.5. The van der Waals surface area contributed by atoms with Gasteiger partial charge in [-0.2, -0.15) is 0 Å². The molecule has 1 saturated carbocycles. The molecule has 1 aliphatic carbocycles. The maximum Gasteiger partial charge on any atom is 0.321 e. The molecule has 29 heavy (non-hydrogen) atoms. The molecule has 3 N–H and O–H groups in total. The van der Waals surface area contributed by atoms with Gasteiger partial charge in [-0.05, 0) is 43.2 Å². The van der Waals surface area contributed by atoms with E-state index in [1.165, 1.54) is 0 Å². The molecule has 0 spiro atoms. The van der Waals surface area contributed by atoms with Crippen LogP contribution in [0.25, 0.3) is 0 Å². The molecule has 0 atom stereocenters. The molecular weight excluding hydrogens is 392 g/mol. The molecule has 152 valence electrons. The van der Waals surface area contributed by atoms with Crippen LogP contribution in [0.5, 0.6) is 5.75 Å². The van der Waals surface area contributed by atoms with Crippen molar-refractivity contribution < 1.29 is 14.7 Å². The lowest BCUT2D eigenvalue weighted by atomic mass is 10.2. The number of halogens is 1. The first-order valence-electron chi connectivity index (χ1n) is 9.70. The Morgan fingerprint density at radius 3 is 2.48 bits per heavy atom. The molecular formula is C21H23ClN4O3. The van der Waals surface area contributed by atoms with Crippen LogP contribution in [0.3, 0.4) is 0 Å². The van der Waals surface area contributed by atoms with Crippen molar-refractivity contribution in [2.75, 3.05) is 36.4 Å². The van der Waals surface area contributed by atoms with E-state index in [0.717, 1.165) is 18.5 Å². The average molecular weight is 415 g/mol. The molecule has 1 aliphatic heterocycles. The van der Waals surface area contributed by atoms with Gasteiger partial charge in [0.05, 0.1) is 10.6 Å². The van der Waals surface area contributed by atoms with Crippen LogP contribution in [-0.4, -0.2) is 54.2 Å². The number of hydrogen-bond donors (Lipinski definition) is 3. The largest absolute Gasteiger partial charge is 0.508 e. The van der Waals surface area contributed by atoms with Crippen LogP contribution < -0.4 is 15.5 Å². The van der Waals surface area contributed by atoms with Gasteiger partial charge in [0.25, 0.3) is 5.91 Å². The summed E-state index contributed by atoms with van der Waals surface area (Å²) >= 11 is 6.16. The summed E-state index contributed by atoms with van der Waals surface area (Å²) in [6.07, 6.45) is 1.99. The van der Waals surface area contributed by atoms with Crippen molar-refractivity contribution in [3.63, 3.8) is 0 Å². The highest BCUT2D eigenvalue weighted by Gasteiger charge is 2.25. The van der Waals surface area contributed by atoms with Crippen molar-refractivity contribution in [2.24, 2.45) is 0 Å². The number of piperazine rings is 1. The summed E-state index contributed by atoms with van der Waals surface area (Å²) in [6, 6.07) is 12.1. The summed E-state index contributed by atoms with van der Waals surface area (Å²) in [7, 11) is 0. The number of urea groups is 1. The zero-order chi connectivity index (χ0) is 20.4. The Morgan fingerprint density at radius 1 is 1.03 bits per heavy atom. The monoisotopic (exact) mass is 414 g/mol. The third-order valence-corrected chi connectivity index (χ3v) is 5.47. The van der Waals surface area contributed by atoms with Crippen LogP contribution in [0.1, 0.15) is 23.2 Å². The van der Waals surface area contributed by atoms with Crippen LogP contribution in [0.4, 0.5) is 16.2 Å². The lowest BCUT2D eigenvalue weighted by Gasteiger charge is -2.36. The van der Waals surface area contributed by atoms with Gasteiger partial charge in [0.2, 0.25) is 0 Å². The molecule has 1 saturated heterocycles. The Kier molecular flexibility index (Phi) is 5.49. The minimum absolute atomic E-state index is 0.212. The van der Waals surface area contributed by atoms with Gasteiger partial charge < -0.3 is 25.5 Å². The van der Waals surface area contributed by atoms with Crippen LogP contribution in [0.15, 0.2) is 42.5 Å². The number of amides is 3. The van der Waals surface area contributed by atoms with Gasteiger partial charge >= 0.3 is 6.03 Å². The third-order valence-electron chi connectivity index (χ3n) is 5.14. The second kappa shape index (κ2) is 8.21. The second-order valence-electron chi connectivity index (χ2n) is 7.37. The number of anilines is 2. The molecule has 3 amide bonds. The molecule has 2 aliphatic rings. The number of benzene rings is 2. The fraction of sp³-hybridized carbons (Fsp3) is 0.333. The highest BCUT2D eigenvalue weighted by molar-refractivity contribution is 6.34. The average Bonchev–Trinajstić information content (AvgIpc) is 3.53. The van der Waals surface area contributed by atoms with Crippen LogP contribution in [-0.2, 0) is 0 Å². The topological polar surface area (TPSA) is 84.9 Å². The number of nitrogens with one attached hydrogen (secondary N) is 2. The quantitative estimate of drug-likeness (QED) is 0.716. The lowest BCUT2D eigenvalue weighted by molar-refractivity contribution is 0.0951. The van der Waals surface area contributed by atoms with Crippen molar-refractivity contribution in [2.45, 2.75) is 18.9 Å². The van der Waals surface area contributed by atoms with E-state index >= 15 is 0 Å². The summed E-state index contributed by atoms with van der Waals surface area (Å²) in [4.78, 5) is 28.8. The molecule has 1 heterocycles. The van der Waals surface area contributed by atoms with E-state index in [1.807, 2.05) is 6.07 Å². The molecule has 7 nitrogen and oxygen atoms in total. The van der Waals surface area contributed by atoms with Crippen molar-refractivity contribution in [3.05, 3.63) is 53.1 Å². The molecule has 2 aromatic rings. The number of nitrogens with zero attached hydrogens (tertiary/aromatic N) is 2. The number of carbonyl (C=O) groups is 2. The van der Waals surface area contributed by atoms with Crippen molar-refractivity contribution in [3.8, 4) is 5.75 Å². The summed E-state index contributed by atoms with van der Waals surface area (Å²) in [5, 5.41) is 15.8.